The van der Waals surface area contributed by atoms with Gasteiger partial charge in [-0.3, -0.25) is 15.5 Å². The summed E-state index contributed by atoms with van der Waals surface area (Å²) < 4.78 is 5.66. The van der Waals surface area contributed by atoms with Crippen LogP contribution in [0.5, 0.6) is 0 Å². The van der Waals surface area contributed by atoms with Gasteiger partial charge in [0.25, 0.3) is 5.69 Å². The van der Waals surface area contributed by atoms with Crippen LogP contribution >= 0.6 is 22.9 Å². The molecule has 1 N–H and O–H groups in total. The standard InChI is InChI=1S/C20H13ClN4O3S/c21-14-6-8-16(18(10-14)25(26)27)19-9-7-15(28-19)11-22-24-20-23-17(12-29-20)13-4-2-1-3-5-13/h1-12H,(H,23,24)/b22-11+. The maximum atomic E-state index is 11.3. The number of nitro groups is 1. The Balaban J connectivity index is 1.47. The van der Waals surface area contributed by atoms with Crippen molar-refractivity contribution < 1.29 is 9.34 Å². The van der Waals surface area contributed by atoms with Crippen LogP contribution < -0.4 is 5.43 Å². The summed E-state index contributed by atoms with van der Waals surface area (Å²) in [6.07, 6.45) is 1.48. The van der Waals surface area contributed by atoms with Crippen molar-refractivity contribution in [3.63, 3.8) is 0 Å². The Morgan fingerprint density at radius 2 is 2.00 bits per heavy atom. The summed E-state index contributed by atoms with van der Waals surface area (Å²) >= 11 is 7.29. The number of hydrogen-bond donors (Lipinski definition) is 1. The first-order valence-corrected chi connectivity index (χ1v) is 9.70. The normalized spacial score (nSPS) is 11.1. The molecule has 29 heavy (non-hydrogen) atoms. The highest BCUT2D eigenvalue weighted by atomic mass is 35.5. The summed E-state index contributed by atoms with van der Waals surface area (Å²) in [6.45, 7) is 0. The molecule has 0 radical (unpaired) electrons. The maximum Gasteiger partial charge on any atom is 0.281 e. The van der Waals surface area contributed by atoms with Crippen LogP contribution in [0.3, 0.4) is 0 Å². The first-order chi connectivity index (χ1) is 14.1. The fraction of sp³-hybridized carbons (Fsp3) is 0. The molecule has 4 rings (SSSR count). The molecule has 0 bridgehead atoms. The Kier molecular flexibility index (Phi) is 5.37. The van der Waals surface area contributed by atoms with E-state index in [2.05, 4.69) is 15.5 Å². The fourth-order valence-corrected chi connectivity index (χ4v) is 3.48. The molecule has 0 saturated heterocycles. The Labute approximate surface area is 174 Å². The lowest BCUT2D eigenvalue weighted by Crippen LogP contribution is -1.91. The van der Waals surface area contributed by atoms with Gasteiger partial charge in [0.1, 0.15) is 11.5 Å². The fourth-order valence-electron chi connectivity index (χ4n) is 2.65. The molecular weight excluding hydrogens is 412 g/mol. The van der Waals surface area contributed by atoms with Gasteiger partial charge in [-0.2, -0.15) is 5.10 Å². The van der Waals surface area contributed by atoms with Gasteiger partial charge < -0.3 is 4.42 Å². The quantitative estimate of drug-likeness (QED) is 0.230. The van der Waals surface area contributed by atoms with Crippen molar-refractivity contribution in [1.82, 2.24) is 4.98 Å². The molecule has 4 aromatic rings. The summed E-state index contributed by atoms with van der Waals surface area (Å²) in [5.74, 6) is 0.798. The third kappa shape index (κ3) is 4.34. The Morgan fingerprint density at radius 3 is 2.79 bits per heavy atom. The van der Waals surface area contributed by atoms with Crippen molar-refractivity contribution in [3.8, 4) is 22.6 Å². The molecule has 144 valence electrons. The molecule has 0 aliphatic rings. The van der Waals surface area contributed by atoms with Gasteiger partial charge in [-0.25, -0.2) is 4.98 Å². The Morgan fingerprint density at radius 1 is 1.17 bits per heavy atom. The number of hydrazone groups is 1. The lowest BCUT2D eigenvalue weighted by molar-refractivity contribution is -0.384. The number of nitro benzene ring substituents is 1. The predicted molar refractivity (Wildman–Crippen MR) is 115 cm³/mol. The van der Waals surface area contributed by atoms with Gasteiger partial charge in [0.15, 0.2) is 0 Å². The van der Waals surface area contributed by atoms with Crippen LogP contribution in [0.1, 0.15) is 5.76 Å². The summed E-state index contributed by atoms with van der Waals surface area (Å²) in [6, 6.07) is 17.6. The number of hydrogen-bond acceptors (Lipinski definition) is 7. The van der Waals surface area contributed by atoms with Crippen LogP contribution in [0.15, 0.2) is 75.6 Å². The van der Waals surface area contributed by atoms with Crippen molar-refractivity contribution in [1.29, 1.82) is 0 Å². The zero-order valence-electron chi connectivity index (χ0n) is 14.8. The summed E-state index contributed by atoms with van der Waals surface area (Å²) in [7, 11) is 0. The highest BCUT2D eigenvalue weighted by Gasteiger charge is 2.18. The molecule has 2 aromatic carbocycles. The van der Waals surface area contributed by atoms with Crippen molar-refractivity contribution >= 4 is 40.0 Å². The van der Waals surface area contributed by atoms with Gasteiger partial charge in [0.05, 0.1) is 22.4 Å². The van der Waals surface area contributed by atoms with E-state index in [0.717, 1.165) is 11.3 Å². The molecule has 0 unspecified atom stereocenters. The summed E-state index contributed by atoms with van der Waals surface area (Å²) in [5.41, 5.74) is 4.98. The topological polar surface area (TPSA) is 93.6 Å². The molecule has 9 heteroatoms. The smallest absolute Gasteiger partial charge is 0.281 e. The Bertz CT molecular complexity index is 1190. The molecule has 0 atom stereocenters. The molecule has 2 heterocycles. The minimum absolute atomic E-state index is 0.121. The molecule has 0 aliphatic heterocycles. The average Bonchev–Trinajstić information content (AvgIpc) is 3.39. The van der Waals surface area contributed by atoms with E-state index in [1.54, 1.807) is 24.3 Å². The van der Waals surface area contributed by atoms with E-state index in [4.69, 9.17) is 16.0 Å². The van der Waals surface area contributed by atoms with E-state index >= 15 is 0 Å². The number of nitrogens with zero attached hydrogens (tertiary/aromatic N) is 3. The second kappa shape index (κ2) is 8.26. The van der Waals surface area contributed by atoms with Crippen molar-refractivity contribution in [2.24, 2.45) is 5.10 Å². The third-order valence-corrected chi connectivity index (χ3v) is 4.96. The number of nitrogens with one attached hydrogen (secondary N) is 1. The highest BCUT2D eigenvalue weighted by Crippen LogP contribution is 2.33. The number of thiazole rings is 1. The molecule has 0 saturated carbocycles. The van der Waals surface area contributed by atoms with Crippen LogP contribution in [-0.2, 0) is 0 Å². The maximum absolute atomic E-state index is 11.3. The van der Waals surface area contributed by atoms with Crippen molar-refractivity contribution in [2.45, 2.75) is 0 Å². The van der Waals surface area contributed by atoms with Crippen LogP contribution in [0.25, 0.3) is 22.6 Å². The van der Waals surface area contributed by atoms with Gasteiger partial charge in [0, 0.05) is 22.0 Å². The van der Waals surface area contributed by atoms with E-state index in [9.17, 15) is 10.1 Å². The zero-order valence-corrected chi connectivity index (χ0v) is 16.4. The van der Waals surface area contributed by atoms with Gasteiger partial charge in [0.2, 0.25) is 5.13 Å². The van der Waals surface area contributed by atoms with Gasteiger partial charge >= 0.3 is 0 Å². The molecule has 0 amide bonds. The molecule has 0 spiro atoms. The van der Waals surface area contributed by atoms with Gasteiger partial charge in [-0.15, -0.1) is 11.3 Å². The number of halogens is 1. The van der Waals surface area contributed by atoms with Gasteiger partial charge in [-0.05, 0) is 24.3 Å². The minimum atomic E-state index is -0.494. The van der Waals surface area contributed by atoms with Crippen molar-refractivity contribution in [2.75, 3.05) is 5.43 Å². The largest absolute Gasteiger partial charge is 0.455 e. The molecule has 2 aromatic heterocycles. The van der Waals surface area contributed by atoms with Crippen LogP contribution in [0, 0.1) is 10.1 Å². The van der Waals surface area contributed by atoms with Crippen LogP contribution in [-0.4, -0.2) is 16.1 Å². The third-order valence-electron chi connectivity index (χ3n) is 3.97. The van der Waals surface area contributed by atoms with E-state index in [1.807, 2.05) is 35.7 Å². The monoisotopic (exact) mass is 424 g/mol. The second-order valence-electron chi connectivity index (χ2n) is 5.89. The number of anilines is 1. The second-order valence-corrected chi connectivity index (χ2v) is 7.19. The number of benzene rings is 2. The lowest BCUT2D eigenvalue weighted by Gasteiger charge is -2.00. The molecule has 7 nitrogen and oxygen atoms in total. The van der Waals surface area contributed by atoms with E-state index in [0.29, 0.717) is 22.2 Å². The average molecular weight is 425 g/mol. The number of rotatable bonds is 6. The number of furan rings is 1. The summed E-state index contributed by atoms with van der Waals surface area (Å²) in [5, 5.41) is 18.2. The van der Waals surface area contributed by atoms with Crippen LogP contribution in [0.2, 0.25) is 5.02 Å². The predicted octanol–water partition coefficient (Wildman–Crippen LogP) is 6.08. The van der Waals surface area contributed by atoms with Crippen LogP contribution in [0.4, 0.5) is 10.8 Å². The van der Waals surface area contributed by atoms with E-state index in [1.165, 1.54) is 23.6 Å². The highest BCUT2D eigenvalue weighted by molar-refractivity contribution is 7.14. The molecule has 0 fully saturated rings. The lowest BCUT2D eigenvalue weighted by atomic mass is 10.1. The van der Waals surface area contributed by atoms with E-state index in [-0.39, 0.29) is 10.7 Å². The number of aromatic nitrogens is 1. The molecular formula is C20H13ClN4O3S. The SMILES string of the molecule is O=[N+]([O-])c1cc(Cl)ccc1-c1ccc(/C=N/Nc2nc(-c3ccccc3)cs2)o1. The zero-order chi connectivity index (χ0) is 20.2. The van der Waals surface area contributed by atoms with E-state index < -0.39 is 4.92 Å². The Hall–Kier alpha value is -3.49. The summed E-state index contributed by atoms with van der Waals surface area (Å²) in [4.78, 5) is 15.2. The first kappa shape index (κ1) is 18.9. The first-order valence-electron chi connectivity index (χ1n) is 8.44. The van der Waals surface area contributed by atoms with Gasteiger partial charge in [-0.1, -0.05) is 41.9 Å². The van der Waals surface area contributed by atoms with Crippen molar-refractivity contribution in [3.05, 3.63) is 86.9 Å². The minimum Gasteiger partial charge on any atom is -0.455 e. The molecule has 0 aliphatic carbocycles.